The Balaban J connectivity index is 1.89. The summed E-state index contributed by atoms with van der Waals surface area (Å²) in [5.74, 6) is -1.13. The molecule has 0 saturated carbocycles. The number of rotatable bonds is 7. The smallest absolute Gasteiger partial charge is 0.204 e. The van der Waals surface area contributed by atoms with Gasteiger partial charge in [-0.1, -0.05) is 78.4 Å². The third-order valence-corrected chi connectivity index (χ3v) is 5.02. The number of aromatic nitrogens is 1. The molecule has 0 spiro atoms. The van der Waals surface area contributed by atoms with E-state index in [1.54, 1.807) is 0 Å². The molecule has 5 nitrogen and oxygen atoms in total. The molecule has 1 N–H and O–H groups in total. The van der Waals surface area contributed by atoms with Crippen LogP contribution in [0, 0.1) is 6.92 Å². The Morgan fingerprint density at radius 3 is 2.48 bits per heavy atom. The lowest BCUT2D eigenvalue weighted by Gasteiger charge is -2.04. The molecule has 0 aliphatic heterocycles. The first-order chi connectivity index (χ1) is 13.1. The molecular formula is C21H20N3O2S-. The second-order valence-electron chi connectivity index (χ2n) is 6.10. The molecule has 0 fully saturated rings. The zero-order chi connectivity index (χ0) is 19.2. The van der Waals surface area contributed by atoms with Crippen LogP contribution in [0.4, 0.5) is 5.13 Å². The molecule has 0 aliphatic carbocycles. The van der Waals surface area contributed by atoms with Gasteiger partial charge in [0, 0.05) is 22.8 Å². The molecule has 1 aromatic heterocycles. The van der Waals surface area contributed by atoms with Gasteiger partial charge in [-0.25, -0.2) is 4.98 Å². The minimum absolute atomic E-state index is 0.175. The third-order valence-electron chi connectivity index (χ3n) is 4.06. The van der Waals surface area contributed by atoms with E-state index in [1.165, 1.54) is 16.9 Å². The molecule has 1 heterocycles. The van der Waals surface area contributed by atoms with Crippen LogP contribution < -0.4 is 10.5 Å². The van der Waals surface area contributed by atoms with Gasteiger partial charge < -0.3 is 9.90 Å². The molecule has 138 valence electrons. The average molecular weight is 378 g/mol. The fourth-order valence-electron chi connectivity index (χ4n) is 2.68. The van der Waals surface area contributed by atoms with Crippen molar-refractivity contribution in [3.63, 3.8) is 0 Å². The molecule has 0 atom stereocenters. The van der Waals surface area contributed by atoms with Crippen molar-refractivity contribution < 1.29 is 9.90 Å². The van der Waals surface area contributed by atoms with E-state index in [-0.39, 0.29) is 6.42 Å². The fourth-order valence-corrected chi connectivity index (χ4v) is 3.59. The number of hydrazone groups is 1. The number of anilines is 1. The number of aliphatic carboxylic acids is 1. The van der Waals surface area contributed by atoms with E-state index in [0.717, 1.165) is 23.3 Å². The summed E-state index contributed by atoms with van der Waals surface area (Å²) in [5.41, 5.74) is 7.67. The first-order valence-corrected chi connectivity index (χ1v) is 9.53. The molecule has 3 aromatic rings. The van der Waals surface area contributed by atoms with Crippen molar-refractivity contribution in [2.24, 2.45) is 5.10 Å². The molecular weight excluding hydrogens is 358 g/mol. The number of thiazole rings is 1. The number of carboxylic acid groups (broad SMARTS) is 1. The molecule has 3 rings (SSSR count). The molecule has 0 bridgehead atoms. The summed E-state index contributed by atoms with van der Waals surface area (Å²) in [6.45, 7) is 4.09. The minimum atomic E-state index is -1.13. The van der Waals surface area contributed by atoms with Gasteiger partial charge in [0.1, 0.15) is 0 Å². The summed E-state index contributed by atoms with van der Waals surface area (Å²) >= 11 is 1.28. The summed E-state index contributed by atoms with van der Waals surface area (Å²) in [4.78, 5) is 16.3. The molecule has 27 heavy (non-hydrogen) atoms. The van der Waals surface area contributed by atoms with E-state index in [4.69, 9.17) is 0 Å². The Bertz CT molecular complexity index is 947. The van der Waals surface area contributed by atoms with E-state index in [1.807, 2.05) is 56.3 Å². The van der Waals surface area contributed by atoms with Crippen molar-refractivity contribution in [1.82, 2.24) is 4.98 Å². The van der Waals surface area contributed by atoms with E-state index in [2.05, 4.69) is 27.6 Å². The minimum Gasteiger partial charge on any atom is -0.550 e. The highest BCUT2D eigenvalue weighted by Gasteiger charge is 2.13. The lowest BCUT2D eigenvalue weighted by atomic mass is 10.1. The van der Waals surface area contributed by atoms with Crippen molar-refractivity contribution >= 4 is 28.1 Å². The summed E-state index contributed by atoms with van der Waals surface area (Å²) in [7, 11) is 0. The normalized spacial score (nSPS) is 11.4. The van der Waals surface area contributed by atoms with Gasteiger partial charge in [-0.2, -0.15) is 5.10 Å². The van der Waals surface area contributed by atoms with Crippen LogP contribution in [0.5, 0.6) is 0 Å². The first-order valence-electron chi connectivity index (χ1n) is 8.71. The number of benzene rings is 2. The van der Waals surface area contributed by atoms with Crippen LogP contribution >= 0.6 is 11.3 Å². The number of hydrogen-bond acceptors (Lipinski definition) is 6. The lowest BCUT2D eigenvalue weighted by molar-refractivity contribution is -0.304. The average Bonchev–Trinajstić information content (AvgIpc) is 3.06. The van der Waals surface area contributed by atoms with Gasteiger partial charge in [0.2, 0.25) is 5.13 Å². The van der Waals surface area contributed by atoms with Gasteiger partial charge >= 0.3 is 0 Å². The van der Waals surface area contributed by atoms with Crippen molar-refractivity contribution in [3.8, 4) is 11.3 Å². The van der Waals surface area contributed by atoms with Gasteiger partial charge in [-0.3, -0.25) is 5.43 Å². The van der Waals surface area contributed by atoms with Crippen LogP contribution in [0.1, 0.15) is 29.3 Å². The maximum absolute atomic E-state index is 11.1. The summed E-state index contributed by atoms with van der Waals surface area (Å²) in [5, 5.41) is 16.2. The van der Waals surface area contributed by atoms with Crippen LogP contribution in [0.25, 0.3) is 11.3 Å². The number of nitrogens with zero attached hydrogens (tertiary/aromatic N) is 2. The van der Waals surface area contributed by atoms with Gasteiger partial charge in [0.15, 0.2) is 0 Å². The summed E-state index contributed by atoms with van der Waals surface area (Å²) < 4.78 is 0. The SMILES string of the molecule is CC/C(=N\Nc1nc(-c2ccccc2)c(CC(=O)[O-])s1)c1ccc(C)cc1. The van der Waals surface area contributed by atoms with Crippen LogP contribution in [0.15, 0.2) is 59.7 Å². The van der Waals surface area contributed by atoms with Crippen molar-refractivity contribution in [2.45, 2.75) is 26.7 Å². The van der Waals surface area contributed by atoms with Gasteiger partial charge in [-0.15, -0.1) is 0 Å². The van der Waals surface area contributed by atoms with Crippen molar-refractivity contribution in [2.75, 3.05) is 5.43 Å². The highest BCUT2D eigenvalue weighted by molar-refractivity contribution is 7.16. The zero-order valence-corrected chi connectivity index (χ0v) is 16.0. The lowest BCUT2D eigenvalue weighted by Crippen LogP contribution is -2.24. The number of carbonyl (C=O) groups excluding carboxylic acids is 1. The standard InChI is InChI=1S/C21H21N3O2S/c1-3-17(15-11-9-14(2)10-12-15)23-24-21-22-20(16-7-5-4-6-8-16)18(27-21)13-19(25)26/h4-12H,3,13H2,1-2H3,(H,22,24)(H,25,26)/p-1/b23-17+. The first kappa shape index (κ1) is 18.8. The summed E-state index contributed by atoms with van der Waals surface area (Å²) in [6.07, 6.45) is 0.588. The Hall–Kier alpha value is -2.99. The third kappa shape index (κ3) is 4.80. The Kier molecular flexibility index (Phi) is 5.98. The fraction of sp³-hybridized carbons (Fsp3) is 0.190. The van der Waals surface area contributed by atoms with Gasteiger partial charge in [0.25, 0.3) is 0 Å². The highest BCUT2D eigenvalue weighted by Crippen LogP contribution is 2.31. The van der Waals surface area contributed by atoms with Crippen LogP contribution in [-0.4, -0.2) is 16.7 Å². The van der Waals surface area contributed by atoms with Gasteiger partial charge in [0.05, 0.1) is 11.4 Å². The number of nitrogens with one attached hydrogen (secondary N) is 1. The second kappa shape index (κ2) is 8.60. The number of carbonyl (C=O) groups is 1. The Morgan fingerprint density at radius 2 is 1.85 bits per heavy atom. The second-order valence-corrected chi connectivity index (χ2v) is 7.18. The maximum atomic E-state index is 11.1. The molecule has 0 radical (unpaired) electrons. The van der Waals surface area contributed by atoms with Crippen molar-refractivity contribution in [3.05, 3.63) is 70.6 Å². The molecule has 0 amide bonds. The largest absolute Gasteiger partial charge is 0.550 e. The molecule has 6 heteroatoms. The summed E-state index contributed by atoms with van der Waals surface area (Å²) in [6, 6.07) is 17.7. The molecule has 2 aromatic carbocycles. The van der Waals surface area contributed by atoms with E-state index in [9.17, 15) is 9.90 Å². The molecule has 0 saturated heterocycles. The molecule has 0 unspecified atom stereocenters. The van der Waals surface area contributed by atoms with E-state index in [0.29, 0.717) is 15.7 Å². The van der Waals surface area contributed by atoms with Crippen LogP contribution in [-0.2, 0) is 11.2 Å². The number of carboxylic acids is 1. The predicted octanol–water partition coefficient (Wildman–Crippen LogP) is 3.64. The maximum Gasteiger partial charge on any atom is 0.204 e. The van der Waals surface area contributed by atoms with Crippen LogP contribution in [0.3, 0.4) is 0 Å². The predicted molar refractivity (Wildman–Crippen MR) is 108 cm³/mol. The molecule has 0 aliphatic rings. The Labute approximate surface area is 162 Å². The zero-order valence-electron chi connectivity index (χ0n) is 15.2. The highest BCUT2D eigenvalue weighted by atomic mass is 32.1. The Morgan fingerprint density at radius 1 is 1.15 bits per heavy atom. The van der Waals surface area contributed by atoms with Gasteiger partial charge in [-0.05, 0) is 18.9 Å². The number of hydrogen-bond donors (Lipinski definition) is 1. The quantitative estimate of drug-likeness (QED) is 0.503. The van der Waals surface area contributed by atoms with Crippen molar-refractivity contribution in [1.29, 1.82) is 0 Å². The van der Waals surface area contributed by atoms with Crippen LogP contribution in [0.2, 0.25) is 0 Å². The topological polar surface area (TPSA) is 77.4 Å². The number of aryl methyl sites for hydroxylation is 1. The van der Waals surface area contributed by atoms with E-state index < -0.39 is 5.97 Å². The van der Waals surface area contributed by atoms with E-state index >= 15 is 0 Å². The monoisotopic (exact) mass is 378 g/mol.